The number of fused-ring (bicyclic) bond motifs is 1. The third-order valence-corrected chi connectivity index (χ3v) is 5.53. The summed E-state index contributed by atoms with van der Waals surface area (Å²) in [6.07, 6.45) is -1.91. The third kappa shape index (κ3) is 4.15. The van der Waals surface area contributed by atoms with Gasteiger partial charge in [-0.3, -0.25) is 9.69 Å². The van der Waals surface area contributed by atoms with Gasteiger partial charge in [-0.2, -0.15) is 13.2 Å². The monoisotopic (exact) mass is 434 g/mol. The molecule has 0 spiro atoms. The summed E-state index contributed by atoms with van der Waals surface area (Å²) in [4.78, 5) is 22.9. The fourth-order valence-corrected chi connectivity index (χ4v) is 3.91. The van der Waals surface area contributed by atoms with E-state index in [2.05, 4.69) is 9.97 Å². The summed E-state index contributed by atoms with van der Waals surface area (Å²) in [6.45, 7) is 1.76. The van der Waals surface area contributed by atoms with E-state index in [1.165, 1.54) is 6.07 Å². The van der Waals surface area contributed by atoms with Crippen LogP contribution in [-0.2, 0) is 11.0 Å². The number of anilines is 1. The summed E-state index contributed by atoms with van der Waals surface area (Å²) in [7, 11) is 1.55. The molecule has 0 aliphatic carbocycles. The Balaban J connectivity index is 1.52. The number of carboxylic acid groups (broad SMARTS) is 1. The highest BCUT2D eigenvalue weighted by atomic mass is 19.4. The largest absolute Gasteiger partial charge is 0.497 e. The summed E-state index contributed by atoms with van der Waals surface area (Å²) in [6, 6.07) is 6.94. The Morgan fingerprint density at radius 3 is 2.52 bits per heavy atom. The third-order valence-electron chi connectivity index (χ3n) is 5.53. The van der Waals surface area contributed by atoms with Crippen molar-refractivity contribution in [3.05, 3.63) is 53.9 Å². The van der Waals surface area contributed by atoms with Crippen LogP contribution in [0.2, 0.25) is 0 Å². The van der Waals surface area contributed by atoms with Gasteiger partial charge in [0.25, 0.3) is 0 Å². The van der Waals surface area contributed by atoms with Gasteiger partial charge in [-0.05, 0) is 30.3 Å². The van der Waals surface area contributed by atoms with Gasteiger partial charge in [0, 0.05) is 55.0 Å². The molecule has 0 radical (unpaired) electrons. The van der Waals surface area contributed by atoms with Gasteiger partial charge in [-0.15, -0.1) is 0 Å². The molecule has 10 heteroatoms. The Labute approximate surface area is 176 Å². The van der Waals surface area contributed by atoms with E-state index in [4.69, 9.17) is 4.74 Å². The van der Waals surface area contributed by atoms with E-state index in [0.717, 1.165) is 23.2 Å². The minimum atomic E-state index is -4.43. The van der Waals surface area contributed by atoms with Crippen molar-refractivity contribution >= 4 is 22.7 Å². The zero-order valence-electron chi connectivity index (χ0n) is 16.7. The van der Waals surface area contributed by atoms with E-state index < -0.39 is 23.8 Å². The zero-order chi connectivity index (χ0) is 22.2. The number of nitrogens with zero attached hydrogens (tertiary/aromatic N) is 3. The highest BCUT2D eigenvalue weighted by molar-refractivity contribution is 5.90. The average molecular weight is 434 g/mol. The molecule has 31 heavy (non-hydrogen) atoms. The van der Waals surface area contributed by atoms with Gasteiger partial charge in [0.05, 0.1) is 12.7 Å². The fourth-order valence-electron chi connectivity index (χ4n) is 3.91. The minimum absolute atomic E-state index is 0.427. The van der Waals surface area contributed by atoms with Crippen LogP contribution in [0.25, 0.3) is 10.9 Å². The van der Waals surface area contributed by atoms with E-state index in [1.807, 2.05) is 15.9 Å². The van der Waals surface area contributed by atoms with E-state index in [1.54, 1.807) is 25.4 Å². The molecule has 0 bridgehead atoms. The van der Waals surface area contributed by atoms with Crippen molar-refractivity contribution in [3.8, 4) is 5.75 Å². The van der Waals surface area contributed by atoms with Gasteiger partial charge < -0.3 is 19.7 Å². The number of hydrogen-bond donors (Lipinski definition) is 2. The first-order valence-corrected chi connectivity index (χ1v) is 9.68. The first kappa shape index (κ1) is 21.0. The van der Waals surface area contributed by atoms with Gasteiger partial charge in [0.15, 0.2) is 0 Å². The Morgan fingerprint density at radius 1 is 1.19 bits per heavy atom. The molecule has 1 saturated heterocycles. The van der Waals surface area contributed by atoms with Crippen LogP contribution in [0.15, 0.2) is 42.7 Å². The number of nitrogens with one attached hydrogen (secondary N) is 1. The molecule has 2 aromatic heterocycles. The first-order valence-electron chi connectivity index (χ1n) is 9.68. The predicted molar refractivity (Wildman–Crippen MR) is 108 cm³/mol. The van der Waals surface area contributed by atoms with Crippen molar-refractivity contribution < 1.29 is 27.8 Å². The molecule has 164 valence electrons. The minimum Gasteiger partial charge on any atom is -0.497 e. The number of carboxylic acids is 1. The molecule has 3 aromatic rings. The van der Waals surface area contributed by atoms with Crippen LogP contribution in [0.1, 0.15) is 17.2 Å². The molecule has 1 aromatic carbocycles. The highest BCUT2D eigenvalue weighted by Gasteiger charge is 2.33. The molecule has 0 saturated carbocycles. The van der Waals surface area contributed by atoms with Crippen molar-refractivity contribution in [1.82, 2.24) is 14.9 Å². The lowest BCUT2D eigenvalue weighted by atomic mass is 10.0. The second-order valence-corrected chi connectivity index (χ2v) is 7.32. The number of rotatable bonds is 5. The van der Waals surface area contributed by atoms with E-state index in [-0.39, 0.29) is 0 Å². The topological polar surface area (TPSA) is 81.7 Å². The second-order valence-electron chi connectivity index (χ2n) is 7.32. The van der Waals surface area contributed by atoms with Gasteiger partial charge in [0.1, 0.15) is 17.6 Å². The molecule has 3 heterocycles. The summed E-state index contributed by atoms with van der Waals surface area (Å²) >= 11 is 0. The molecule has 1 fully saturated rings. The maximum absolute atomic E-state index is 12.7. The number of piperazine rings is 1. The highest BCUT2D eigenvalue weighted by Crippen LogP contribution is 2.33. The molecule has 0 amide bonds. The van der Waals surface area contributed by atoms with Crippen LogP contribution in [-0.4, -0.2) is 59.2 Å². The van der Waals surface area contributed by atoms with Crippen molar-refractivity contribution in [3.63, 3.8) is 0 Å². The Morgan fingerprint density at radius 2 is 1.94 bits per heavy atom. The van der Waals surface area contributed by atoms with Crippen LogP contribution in [0, 0.1) is 0 Å². The Hall–Kier alpha value is -3.27. The van der Waals surface area contributed by atoms with Crippen LogP contribution in [0.5, 0.6) is 5.75 Å². The smallest absolute Gasteiger partial charge is 0.417 e. The number of methoxy groups -OCH3 is 1. The standard InChI is InChI=1S/C21H21F3N4O3/c1-31-14-3-4-17-15(10-14)16(12-25-17)19(20(29)30)28-8-6-27(7-9-28)18-5-2-13(11-26-18)21(22,23)24/h2-5,10-12,19,25H,6-9H2,1H3,(H,29,30)/t19-/m0/s1. The molecule has 2 N–H and O–H groups in total. The SMILES string of the molecule is COc1ccc2[nH]cc([C@@H](C(=O)O)N3CCN(c4ccc(C(F)(F)F)cn4)CC3)c2c1. The van der Waals surface area contributed by atoms with Gasteiger partial charge >= 0.3 is 12.1 Å². The quantitative estimate of drug-likeness (QED) is 0.640. The number of carbonyl (C=O) groups is 1. The lowest BCUT2D eigenvalue weighted by molar-refractivity contribution is -0.143. The van der Waals surface area contributed by atoms with Crippen LogP contribution in [0.3, 0.4) is 0 Å². The zero-order valence-corrected chi connectivity index (χ0v) is 16.7. The number of ether oxygens (including phenoxy) is 1. The van der Waals surface area contributed by atoms with Crippen molar-refractivity contribution in [2.45, 2.75) is 12.2 Å². The fraction of sp³-hybridized carbons (Fsp3) is 0.333. The molecule has 4 rings (SSSR count). The van der Waals surface area contributed by atoms with Crippen LogP contribution >= 0.6 is 0 Å². The number of pyridine rings is 1. The van der Waals surface area contributed by atoms with Crippen molar-refractivity contribution in [2.24, 2.45) is 0 Å². The maximum atomic E-state index is 12.7. The molecule has 1 aliphatic rings. The van der Waals surface area contributed by atoms with E-state index in [9.17, 15) is 23.1 Å². The number of benzene rings is 1. The lowest BCUT2D eigenvalue weighted by Gasteiger charge is -2.38. The molecule has 1 atom stereocenters. The molecule has 1 aliphatic heterocycles. The molecular weight excluding hydrogens is 413 g/mol. The summed E-state index contributed by atoms with van der Waals surface area (Å²) in [5, 5.41) is 10.7. The average Bonchev–Trinajstić information content (AvgIpc) is 3.16. The molecule has 7 nitrogen and oxygen atoms in total. The van der Waals surface area contributed by atoms with E-state index in [0.29, 0.717) is 43.3 Å². The number of aromatic amines is 1. The van der Waals surface area contributed by atoms with Gasteiger partial charge in [-0.25, -0.2) is 4.98 Å². The van der Waals surface area contributed by atoms with Gasteiger partial charge in [-0.1, -0.05) is 0 Å². The predicted octanol–water partition coefficient (Wildman–Crippen LogP) is 3.54. The van der Waals surface area contributed by atoms with Crippen molar-refractivity contribution in [2.75, 3.05) is 38.2 Å². The van der Waals surface area contributed by atoms with Crippen LogP contribution in [0.4, 0.5) is 19.0 Å². The Bertz CT molecular complexity index is 1070. The van der Waals surface area contributed by atoms with Crippen molar-refractivity contribution in [1.29, 1.82) is 0 Å². The van der Waals surface area contributed by atoms with Gasteiger partial charge in [0.2, 0.25) is 0 Å². The van der Waals surface area contributed by atoms with Crippen LogP contribution < -0.4 is 9.64 Å². The lowest BCUT2D eigenvalue weighted by Crippen LogP contribution is -2.49. The second kappa shape index (κ2) is 8.10. The maximum Gasteiger partial charge on any atom is 0.417 e. The normalized spacial score (nSPS) is 16.5. The number of hydrogen-bond acceptors (Lipinski definition) is 5. The summed E-state index contributed by atoms with van der Waals surface area (Å²) in [5.74, 6) is 0.108. The first-order chi connectivity index (χ1) is 14.8. The number of aliphatic carboxylic acids is 1. The molecule has 0 unspecified atom stereocenters. The number of alkyl halides is 3. The Kier molecular flexibility index (Phi) is 5.48. The number of aromatic nitrogens is 2. The van der Waals surface area contributed by atoms with E-state index >= 15 is 0 Å². The number of H-pyrrole nitrogens is 1. The summed E-state index contributed by atoms with van der Waals surface area (Å²) < 4.78 is 43.5. The summed E-state index contributed by atoms with van der Waals surface area (Å²) in [5.41, 5.74) is 0.660. The molecular formula is C21H21F3N4O3. The number of halogens is 3.